The second-order valence-corrected chi connectivity index (χ2v) is 3.44. The van der Waals surface area contributed by atoms with Crippen LogP contribution in [-0.2, 0) is 0 Å². The van der Waals surface area contributed by atoms with Gasteiger partial charge in [-0.25, -0.2) is 0 Å². The average molecular weight is 175 g/mol. The molecule has 0 saturated heterocycles. The summed E-state index contributed by atoms with van der Waals surface area (Å²) in [4.78, 5) is 0. The summed E-state index contributed by atoms with van der Waals surface area (Å²) in [7, 11) is 0. The molecule has 0 fully saturated rings. The van der Waals surface area contributed by atoms with Crippen LogP contribution < -0.4 is 5.32 Å². The summed E-state index contributed by atoms with van der Waals surface area (Å²) in [6.45, 7) is 7.96. The zero-order valence-electron chi connectivity index (χ0n) is 8.38. The molecule has 1 heteroatoms. The van der Waals surface area contributed by atoms with E-state index in [4.69, 9.17) is 0 Å². The zero-order chi connectivity index (χ0) is 9.68. The van der Waals surface area contributed by atoms with E-state index in [0.29, 0.717) is 6.04 Å². The van der Waals surface area contributed by atoms with Gasteiger partial charge in [0.1, 0.15) is 0 Å². The van der Waals surface area contributed by atoms with Crippen molar-refractivity contribution in [3.8, 4) is 0 Å². The van der Waals surface area contributed by atoms with Crippen molar-refractivity contribution in [1.82, 2.24) is 0 Å². The van der Waals surface area contributed by atoms with Crippen LogP contribution in [0.1, 0.15) is 18.9 Å². The van der Waals surface area contributed by atoms with E-state index < -0.39 is 0 Å². The number of hydrogen-bond acceptors (Lipinski definition) is 1. The van der Waals surface area contributed by atoms with E-state index >= 15 is 0 Å². The Morgan fingerprint density at radius 1 is 1.38 bits per heavy atom. The fourth-order valence-corrected chi connectivity index (χ4v) is 1.24. The number of hydrogen-bond donors (Lipinski definition) is 1. The SMILES string of the molecule is C=CCC(C)Nc1ccc(C)cc1. The Labute approximate surface area is 80.5 Å². The van der Waals surface area contributed by atoms with E-state index in [0.717, 1.165) is 6.42 Å². The zero-order valence-corrected chi connectivity index (χ0v) is 8.38. The third-order valence-corrected chi connectivity index (χ3v) is 1.98. The maximum Gasteiger partial charge on any atom is 0.0342 e. The summed E-state index contributed by atoms with van der Waals surface area (Å²) in [6, 6.07) is 8.90. The lowest BCUT2D eigenvalue weighted by atomic mass is 10.2. The smallest absolute Gasteiger partial charge is 0.0342 e. The lowest BCUT2D eigenvalue weighted by Gasteiger charge is -2.12. The third-order valence-electron chi connectivity index (χ3n) is 1.98. The van der Waals surface area contributed by atoms with E-state index in [-0.39, 0.29) is 0 Å². The van der Waals surface area contributed by atoms with E-state index in [9.17, 15) is 0 Å². The molecule has 1 N–H and O–H groups in total. The van der Waals surface area contributed by atoms with Gasteiger partial charge in [0.05, 0.1) is 0 Å². The Kier molecular flexibility index (Phi) is 3.56. The highest BCUT2D eigenvalue weighted by atomic mass is 14.9. The van der Waals surface area contributed by atoms with Crippen molar-refractivity contribution in [2.75, 3.05) is 5.32 Å². The minimum atomic E-state index is 0.459. The van der Waals surface area contributed by atoms with Crippen LogP contribution in [0, 0.1) is 6.92 Å². The second-order valence-electron chi connectivity index (χ2n) is 3.44. The Morgan fingerprint density at radius 3 is 2.54 bits per heavy atom. The number of rotatable bonds is 4. The molecular weight excluding hydrogens is 158 g/mol. The first kappa shape index (κ1) is 9.85. The first-order valence-corrected chi connectivity index (χ1v) is 4.66. The van der Waals surface area contributed by atoms with Gasteiger partial charge >= 0.3 is 0 Å². The van der Waals surface area contributed by atoms with Crippen molar-refractivity contribution in [2.45, 2.75) is 26.3 Å². The molecule has 0 heterocycles. The summed E-state index contributed by atoms with van der Waals surface area (Å²) >= 11 is 0. The highest BCUT2D eigenvalue weighted by Gasteiger charge is 1.97. The summed E-state index contributed by atoms with van der Waals surface area (Å²) in [6.07, 6.45) is 2.93. The molecule has 0 amide bonds. The average Bonchev–Trinajstić information content (AvgIpc) is 2.09. The van der Waals surface area contributed by atoms with Crippen LogP contribution >= 0.6 is 0 Å². The number of anilines is 1. The highest BCUT2D eigenvalue weighted by Crippen LogP contribution is 2.10. The summed E-state index contributed by atoms with van der Waals surface area (Å²) in [5.74, 6) is 0. The van der Waals surface area contributed by atoms with Gasteiger partial charge < -0.3 is 5.32 Å². The molecule has 0 saturated carbocycles. The van der Waals surface area contributed by atoms with Crippen molar-refractivity contribution in [3.63, 3.8) is 0 Å². The molecule has 1 aromatic rings. The van der Waals surface area contributed by atoms with Gasteiger partial charge in [-0.05, 0) is 32.4 Å². The quantitative estimate of drug-likeness (QED) is 0.692. The number of nitrogens with one attached hydrogen (secondary N) is 1. The van der Waals surface area contributed by atoms with Crippen LogP contribution in [0.2, 0.25) is 0 Å². The van der Waals surface area contributed by atoms with Crippen LogP contribution in [0.4, 0.5) is 5.69 Å². The fraction of sp³-hybridized carbons (Fsp3) is 0.333. The van der Waals surface area contributed by atoms with Gasteiger partial charge in [-0.1, -0.05) is 23.8 Å². The molecular formula is C12H17N. The molecule has 0 spiro atoms. The van der Waals surface area contributed by atoms with Crippen LogP contribution in [-0.4, -0.2) is 6.04 Å². The van der Waals surface area contributed by atoms with Crippen LogP contribution in [0.25, 0.3) is 0 Å². The van der Waals surface area contributed by atoms with Crippen LogP contribution in [0.3, 0.4) is 0 Å². The van der Waals surface area contributed by atoms with Crippen molar-refractivity contribution in [1.29, 1.82) is 0 Å². The Morgan fingerprint density at radius 2 is 2.00 bits per heavy atom. The molecule has 70 valence electrons. The highest BCUT2D eigenvalue weighted by molar-refractivity contribution is 5.45. The van der Waals surface area contributed by atoms with Crippen molar-refractivity contribution < 1.29 is 0 Å². The Balaban J connectivity index is 2.53. The van der Waals surface area contributed by atoms with Crippen molar-refractivity contribution in [3.05, 3.63) is 42.5 Å². The summed E-state index contributed by atoms with van der Waals surface area (Å²) in [5.41, 5.74) is 2.47. The normalized spacial score (nSPS) is 12.2. The lowest BCUT2D eigenvalue weighted by molar-refractivity contribution is 0.814. The van der Waals surface area contributed by atoms with E-state index in [1.165, 1.54) is 11.3 Å². The molecule has 1 rings (SSSR count). The monoisotopic (exact) mass is 175 g/mol. The standard InChI is InChI=1S/C12H17N/c1-4-5-11(3)13-12-8-6-10(2)7-9-12/h4,6-9,11,13H,1,5H2,2-3H3. The van der Waals surface area contributed by atoms with Crippen molar-refractivity contribution in [2.24, 2.45) is 0 Å². The molecule has 0 aromatic heterocycles. The fourth-order valence-electron chi connectivity index (χ4n) is 1.24. The molecule has 0 aliphatic heterocycles. The number of benzene rings is 1. The largest absolute Gasteiger partial charge is 0.382 e. The maximum atomic E-state index is 3.72. The summed E-state index contributed by atoms with van der Waals surface area (Å²) in [5, 5.41) is 3.40. The van der Waals surface area contributed by atoms with Gasteiger partial charge in [0.15, 0.2) is 0 Å². The Hall–Kier alpha value is -1.24. The minimum Gasteiger partial charge on any atom is -0.382 e. The maximum absolute atomic E-state index is 3.72. The van der Waals surface area contributed by atoms with Gasteiger partial charge in [0, 0.05) is 11.7 Å². The molecule has 1 unspecified atom stereocenters. The first-order valence-electron chi connectivity index (χ1n) is 4.66. The third kappa shape index (κ3) is 3.32. The molecule has 0 aliphatic rings. The molecule has 0 bridgehead atoms. The Bertz CT molecular complexity index is 261. The van der Waals surface area contributed by atoms with E-state index in [1.807, 2.05) is 6.08 Å². The van der Waals surface area contributed by atoms with Crippen LogP contribution in [0.15, 0.2) is 36.9 Å². The van der Waals surface area contributed by atoms with Gasteiger partial charge in [0.25, 0.3) is 0 Å². The molecule has 13 heavy (non-hydrogen) atoms. The molecule has 0 aliphatic carbocycles. The molecule has 1 atom stereocenters. The minimum absolute atomic E-state index is 0.459. The molecule has 1 nitrogen and oxygen atoms in total. The predicted molar refractivity (Wildman–Crippen MR) is 59.1 cm³/mol. The number of aryl methyl sites for hydroxylation is 1. The van der Waals surface area contributed by atoms with Gasteiger partial charge in [-0.3, -0.25) is 0 Å². The van der Waals surface area contributed by atoms with E-state index in [2.05, 4.69) is 50.0 Å². The molecule has 1 aromatic carbocycles. The topological polar surface area (TPSA) is 12.0 Å². The first-order chi connectivity index (χ1) is 6.22. The summed E-state index contributed by atoms with van der Waals surface area (Å²) < 4.78 is 0. The van der Waals surface area contributed by atoms with E-state index in [1.54, 1.807) is 0 Å². The van der Waals surface area contributed by atoms with Gasteiger partial charge in [-0.15, -0.1) is 6.58 Å². The lowest BCUT2D eigenvalue weighted by Crippen LogP contribution is -2.13. The van der Waals surface area contributed by atoms with Gasteiger partial charge in [-0.2, -0.15) is 0 Å². The van der Waals surface area contributed by atoms with Gasteiger partial charge in [0.2, 0.25) is 0 Å². The molecule has 0 radical (unpaired) electrons. The second kappa shape index (κ2) is 4.70. The van der Waals surface area contributed by atoms with Crippen LogP contribution in [0.5, 0.6) is 0 Å². The predicted octanol–water partition coefficient (Wildman–Crippen LogP) is 3.37. The van der Waals surface area contributed by atoms with Crippen molar-refractivity contribution >= 4 is 5.69 Å².